The molecule has 1 heterocycles. The smallest absolute Gasteiger partial charge is 0.235 e. The number of aromatic nitrogens is 3. The van der Waals surface area contributed by atoms with Crippen molar-refractivity contribution in [1.29, 1.82) is 0 Å². The maximum atomic E-state index is 13.8. The van der Waals surface area contributed by atoms with E-state index in [0.29, 0.717) is 17.1 Å². The van der Waals surface area contributed by atoms with E-state index in [-0.39, 0.29) is 10.9 Å². The number of carbonyl (C=O) groups is 1. The zero-order valence-electron chi connectivity index (χ0n) is 16.2. The zero-order chi connectivity index (χ0) is 22.7. The van der Waals surface area contributed by atoms with Crippen LogP contribution in [-0.2, 0) is 4.79 Å². The molecule has 0 aliphatic rings. The van der Waals surface area contributed by atoms with Crippen LogP contribution in [0.4, 0.5) is 23.2 Å². The Bertz CT molecular complexity index is 1240. The summed E-state index contributed by atoms with van der Waals surface area (Å²) in [5, 5.41) is 10.7. The van der Waals surface area contributed by atoms with E-state index in [1.807, 2.05) is 0 Å². The Kier molecular flexibility index (Phi) is 6.22. The minimum atomic E-state index is -0.892. The first-order valence-corrected chi connectivity index (χ1v) is 10.2. The highest BCUT2D eigenvalue weighted by Crippen LogP contribution is 2.28. The van der Waals surface area contributed by atoms with Crippen LogP contribution in [0.1, 0.15) is 0 Å². The second-order valence-corrected chi connectivity index (χ2v) is 7.50. The van der Waals surface area contributed by atoms with Crippen LogP contribution in [0.25, 0.3) is 17.1 Å². The van der Waals surface area contributed by atoms with E-state index in [0.717, 1.165) is 23.9 Å². The highest BCUT2D eigenvalue weighted by molar-refractivity contribution is 7.99. The molecule has 4 aromatic rings. The number of nitrogens with one attached hydrogen (secondary N) is 1. The summed E-state index contributed by atoms with van der Waals surface area (Å²) in [5.74, 6) is -3.18. The van der Waals surface area contributed by atoms with Crippen LogP contribution >= 0.6 is 11.8 Å². The van der Waals surface area contributed by atoms with Gasteiger partial charge in [-0.05, 0) is 60.7 Å². The topological polar surface area (TPSA) is 59.8 Å². The zero-order valence-corrected chi connectivity index (χ0v) is 17.0. The Morgan fingerprint density at radius 2 is 1.44 bits per heavy atom. The third-order valence-electron chi connectivity index (χ3n) is 4.38. The van der Waals surface area contributed by atoms with E-state index < -0.39 is 34.9 Å². The van der Waals surface area contributed by atoms with Gasteiger partial charge in [0.15, 0.2) is 11.0 Å². The molecule has 162 valence electrons. The van der Waals surface area contributed by atoms with Crippen LogP contribution in [0.3, 0.4) is 0 Å². The Labute approximate surface area is 184 Å². The van der Waals surface area contributed by atoms with Crippen molar-refractivity contribution in [2.24, 2.45) is 0 Å². The van der Waals surface area contributed by atoms with Gasteiger partial charge < -0.3 is 5.32 Å². The number of hydrogen-bond donors (Lipinski definition) is 1. The maximum Gasteiger partial charge on any atom is 0.235 e. The Morgan fingerprint density at radius 1 is 0.844 bits per heavy atom. The minimum absolute atomic E-state index is 0.226. The summed E-state index contributed by atoms with van der Waals surface area (Å²) in [6.07, 6.45) is 0. The van der Waals surface area contributed by atoms with E-state index in [2.05, 4.69) is 15.5 Å². The van der Waals surface area contributed by atoms with E-state index in [1.54, 1.807) is 4.57 Å². The molecule has 0 unspecified atom stereocenters. The molecule has 3 aromatic carbocycles. The fourth-order valence-electron chi connectivity index (χ4n) is 2.90. The number of carbonyl (C=O) groups excluding carboxylic acids is 1. The lowest BCUT2D eigenvalue weighted by Gasteiger charge is -2.11. The quantitative estimate of drug-likeness (QED) is 0.318. The van der Waals surface area contributed by atoms with E-state index in [9.17, 15) is 22.4 Å². The van der Waals surface area contributed by atoms with Gasteiger partial charge in [-0.25, -0.2) is 17.6 Å². The van der Waals surface area contributed by atoms with Crippen LogP contribution in [-0.4, -0.2) is 26.4 Å². The third kappa shape index (κ3) is 4.65. The number of rotatable bonds is 6. The minimum Gasteiger partial charge on any atom is -0.320 e. The van der Waals surface area contributed by atoms with Crippen molar-refractivity contribution >= 4 is 23.4 Å². The maximum absolute atomic E-state index is 13.8. The number of halogens is 4. The predicted octanol–water partition coefficient (Wildman–Crippen LogP) is 5.22. The number of thioether (sulfide) groups is 1. The molecule has 0 aliphatic heterocycles. The van der Waals surface area contributed by atoms with Crippen molar-refractivity contribution in [2.45, 2.75) is 5.16 Å². The van der Waals surface area contributed by atoms with Gasteiger partial charge in [0.2, 0.25) is 5.91 Å². The van der Waals surface area contributed by atoms with E-state index >= 15 is 0 Å². The number of hydrogen-bond acceptors (Lipinski definition) is 4. The first kappa shape index (κ1) is 21.6. The lowest BCUT2D eigenvalue weighted by molar-refractivity contribution is -0.113. The Morgan fingerprint density at radius 3 is 2.06 bits per heavy atom. The van der Waals surface area contributed by atoms with Gasteiger partial charge in [-0.1, -0.05) is 17.8 Å². The Hall–Kier alpha value is -3.66. The molecule has 0 saturated carbocycles. The van der Waals surface area contributed by atoms with Crippen molar-refractivity contribution in [3.05, 3.63) is 90.0 Å². The predicted molar refractivity (Wildman–Crippen MR) is 112 cm³/mol. The Balaban J connectivity index is 1.61. The number of para-hydroxylation sites is 1. The average molecular weight is 458 g/mol. The fraction of sp³-hybridized carbons (Fsp3) is 0.0455. The molecule has 1 N–H and O–H groups in total. The van der Waals surface area contributed by atoms with E-state index in [1.165, 1.54) is 54.6 Å². The molecule has 4 rings (SSSR count). The molecule has 5 nitrogen and oxygen atoms in total. The van der Waals surface area contributed by atoms with Crippen LogP contribution in [0.15, 0.2) is 71.9 Å². The summed E-state index contributed by atoms with van der Waals surface area (Å²) < 4.78 is 55.9. The van der Waals surface area contributed by atoms with Gasteiger partial charge in [0.1, 0.15) is 29.0 Å². The van der Waals surface area contributed by atoms with Gasteiger partial charge in [-0.2, -0.15) is 0 Å². The van der Waals surface area contributed by atoms with Crippen LogP contribution in [0.2, 0.25) is 0 Å². The van der Waals surface area contributed by atoms with Gasteiger partial charge in [-0.15, -0.1) is 10.2 Å². The second kappa shape index (κ2) is 9.23. The van der Waals surface area contributed by atoms with Crippen molar-refractivity contribution in [3.63, 3.8) is 0 Å². The molecule has 0 spiro atoms. The molecule has 10 heteroatoms. The normalized spacial score (nSPS) is 10.9. The molecule has 0 atom stereocenters. The van der Waals surface area contributed by atoms with Crippen LogP contribution in [0.5, 0.6) is 0 Å². The summed E-state index contributed by atoms with van der Waals surface area (Å²) in [7, 11) is 0. The molecule has 0 aliphatic carbocycles. The lowest BCUT2D eigenvalue weighted by Crippen LogP contribution is -2.16. The molecular formula is C22H14F4N4OS. The summed E-state index contributed by atoms with van der Waals surface area (Å²) in [6, 6.07) is 14.3. The standard InChI is InChI=1S/C22H14F4N4OS/c23-14-6-4-13(5-7-14)21-28-29-22(30(21)16-10-8-15(24)9-11-16)32-12-19(31)27-20-17(25)2-1-3-18(20)26/h1-11H,12H2,(H,27,31). The van der Waals surface area contributed by atoms with Crippen LogP contribution in [0, 0.1) is 23.3 Å². The van der Waals surface area contributed by atoms with Crippen molar-refractivity contribution in [1.82, 2.24) is 14.8 Å². The summed E-state index contributed by atoms with van der Waals surface area (Å²) in [5.41, 5.74) is 0.525. The van der Waals surface area contributed by atoms with Gasteiger partial charge in [0.25, 0.3) is 0 Å². The summed E-state index contributed by atoms with van der Waals surface area (Å²) in [4.78, 5) is 12.3. The fourth-order valence-corrected chi connectivity index (χ4v) is 3.65. The van der Waals surface area contributed by atoms with Gasteiger partial charge in [0, 0.05) is 11.3 Å². The first-order chi connectivity index (χ1) is 15.4. The number of nitrogens with zero attached hydrogens (tertiary/aromatic N) is 3. The number of amides is 1. The largest absolute Gasteiger partial charge is 0.320 e. The molecule has 1 amide bonds. The third-order valence-corrected chi connectivity index (χ3v) is 5.31. The highest BCUT2D eigenvalue weighted by Gasteiger charge is 2.19. The van der Waals surface area contributed by atoms with E-state index in [4.69, 9.17) is 0 Å². The van der Waals surface area contributed by atoms with Gasteiger partial charge >= 0.3 is 0 Å². The molecule has 0 saturated heterocycles. The SMILES string of the molecule is O=C(CSc1nnc(-c2ccc(F)cc2)n1-c1ccc(F)cc1)Nc1c(F)cccc1F. The van der Waals surface area contributed by atoms with Crippen molar-refractivity contribution in [3.8, 4) is 17.1 Å². The van der Waals surface area contributed by atoms with Crippen LogP contribution < -0.4 is 5.32 Å². The molecule has 0 fully saturated rings. The monoisotopic (exact) mass is 458 g/mol. The molecule has 0 bridgehead atoms. The molecular weight excluding hydrogens is 444 g/mol. The van der Waals surface area contributed by atoms with Gasteiger partial charge in [0.05, 0.1) is 5.75 Å². The number of benzene rings is 3. The summed E-state index contributed by atoms with van der Waals surface area (Å²) in [6.45, 7) is 0. The summed E-state index contributed by atoms with van der Waals surface area (Å²) >= 11 is 0.968. The highest BCUT2D eigenvalue weighted by atomic mass is 32.2. The molecule has 1 aromatic heterocycles. The molecule has 0 radical (unpaired) electrons. The van der Waals surface area contributed by atoms with Gasteiger partial charge in [-0.3, -0.25) is 9.36 Å². The first-order valence-electron chi connectivity index (χ1n) is 9.26. The lowest BCUT2D eigenvalue weighted by atomic mass is 10.2. The van der Waals surface area contributed by atoms with Crippen molar-refractivity contribution in [2.75, 3.05) is 11.1 Å². The number of anilines is 1. The van der Waals surface area contributed by atoms with Crippen molar-refractivity contribution < 1.29 is 22.4 Å². The average Bonchev–Trinajstić information content (AvgIpc) is 3.20. The molecule has 32 heavy (non-hydrogen) atoms. The second-order valence-electron chi connectivity index (χ2n) is 6.56.